The summed E-state index contributed by atoms with van der Waals surface area (Å²) in [5, 5.41) is 19.5. The third-order valence-corrected chi connectivity index (χ3v) is 2.01. The number of hydrogen-bond donors (Lipinski definition) is 1. The van der Waals surface area contributed by atoms with Crippen molar-refractivity contribution in [2.45, 2.75) is 13.0 Å². The van der Waals surface area contributed by atoms with Gasteiger partial charge >= 0.3 is 12.0 Å². The summed E-state index contributed by atoms with van der Waals surface area (Å²) in [6, 6.07) is 3.66. The molecule has 0 radical (unpaired) electrons. The zero-order valence-electron chi connectivity index (χ0n) is 9.51. The summed E-state index contributed by atoms with van der Waals surface area (Å²) in [5.41, 5.74) is -0.135. The van der Waals surface area contributed by atoms with E-state index >= 15 is 0 Å². The van der Waals surface area contributed by atoms with Gasteiger partial charge in [-0.05, 0) is 11.6 Å². The molecule has 1 rings (SSSR count). The summed E-state index contributed by atoms with van der Waals surface area (Å²) < 4.78 is 43.3. The monoisotopic (exact) mass is 281 g/mol. The van der Waals surface area contributed by atoms with Gasteiger partial charge in [0.2, 0.25) is 0 Å². The van der Waals surface area contributed by atoms with E-state index in [0.717, 1.165) is 6.07 Å². The van der Waals surface area contributed by atoms with Crippen LogP contribution in [-0.4, -0.2) is 29.6 Å². The van der Waals surface area contributed by atoms with Gasteiger partial charge in [0, 0.05) is 6.07 Å². The predicted octanol–water partition coefficient (Wildman–Crippen LogP) is 2.00. The maximum atomic E-state index is 11.7. The number of nitro groups is 1. The Kier molecular flexibility index (Phi) is 5.07. The first-order chi connectivity index (χ1) is 8.83. The Morgan fingerprint density at radius 3 is 2.53 bits per heavy atom. The topological polar surface area (TPSA) is 81.8 Å². The van der Waals surface area contributed by atoms with E-state index in [1.54, 1.807) is 0 Å². The van der Waals surface area contributed by atoms with Crippen LogP contribution >= 0.6 is 0 Å². The highest BCUT2D eigenvalue weighted by molar-refractivity contribution is 5.48. The van der Waals surface area contributed by atoms with Crippen LogP contribution in [0.15, 0.2) is 18.2 Å². The fourth-order valence-corrected chi connectivity index (χ4v) is 1.24. The lowest BCUT2D eigenvalue weighted by atomic mass is 10.2. The summed E-state index contributed by atoms with van der Waals surface area (Å²) in [5.74, 6) is -0.187. The molecule has 0 bridgehead atoms. The fraction of sp³-hybridized carbons (Fsp3) is 0.400. The smallest absolute Gasteiger partial charge is 0.484 e. The predicted molar refractivity (Wildman–Crippen MR) is 56.5 cm³/mol. The van der Waals surface area contributed by atoms with Gasteiger partial charge in [-0.15, -0.1) is 13.2 Å². The number of aliphatic hydroxyl groups is 1. The quantitative estimate of drug-likeness (QED) is 0.490. The van der Waals surface area contributed by atoms with Crippen molar-refractivity contribution < 1.29 is 32.7 Å². The highest BCUT2D eigenvalue weighted by Crippen LogP contribution is 2.28. The van der Waals surface area contributed by atoms with Crippen molar-refractivity contribution in [2.75, 3.05) is 13.2 Å². The number of aliphatic hydroxyl groups excluding tert-OH is 1. The molecule has 0 fully saturated rings. The van der Waals surface area contributed by atoms with Crippen LogP contribution in [0.4, 0.5) is 18.9 Å². The molecule has 1 aromatic rings. The van der Waals surface area contributed by atoms with Crippen molar-refractivity contribution in [3.05, 3.63) is 33.9 Å². The first-order valence-electron chi connectivity index (χ1n) is 5.05. The Labute approximate surface area is 105 Å². The van der Waals surface area contributed by atoms with Gasteiger partial charge in [-0.3, -0.25) is 14.9 Å². The first-order valence-corrected chi connectivity index (χ1v) is 5.05. The van der Waals surface area contributed by atoms with Gasteiger partial charge in [-0.25, -0.2) is 0 Å². The van der Waals surface area contributed by atoms with E-state index in [2.05, 4.69) is 4.74 Å². The van der Waals surface area contributed by atoms with E-state index in [1.807, 2.05) is 0 Å². The average Bonchev–Trinajstić information content (AvgIpc) is 2.33. The first kappa shape index (κ1) is 15.2. The zero-order valence-corrected chi connectivity index (χ0v) is 9.51. The highest BCUT2D eigenvalue weighted by atomic mass is 19.4. The van der Waals surface area contributed by atoms with Gasteiger partial charge in [-0.1, -0.05) is 6.07 Å². The number of nitrogens with zero attached hydrogens (tertiary/aromatic N) is 1. The molecule has 0 atom stereocenters. The van der Waals surface area contributed by atoms with Crippen molar-refractivity contribution in [3.8, 4) is 5.75 Å². The minimum atomic E-state index is -4.77. The molecule has 6 nitrogen and oxygen atoms in total. The standard InChI is InChI=1S/C10H10F3NO5/c11-10(12,13)19-4-3-18-9-2-1-7(6-15)5-8(9)14(16)17/h1-2,5,15H,3-4,6H2. The Morgan fingerprint density at radius 1 is 1.32 bits per heavy atom. The lowest BCUT2D eigenvalue weighted by Crippen LogP contribution is -2.18. The van der Waals surface area contributed by atoms with E-state index < -0.39 is 36.8 Å². The van der Waals surface area contributed by atoms with Crippen LogP contribution in [0.3, 0.4) is 0 Å². The van der Waals surface area contributed by atoms with Crippen LogP contribution in [-0.2, 0) is 11.3 Å². The molecule has 0 spiro atoms. The number of nitro benzene ring substituents is 1. The molecule has 0 saturated carbocycles. The Bertz CT molecular complexity index is 449. The lowest BCUT2D eigenvalue weighted by Gasteiger charge is -2.09. The van der Waals surface area contributed by atoms with E-state index in [1.165, 1.54) is 12.1 Å². The number of ether oxygens (including phenoxy) is 2. The third-order valence-electron chi connectivity index (χ3n) is 2.01. The van der Waals surface area contributed by atoms with Gasteiger partial charge in [0.1, 0.15) is 6.61 Å². The second-order valence-corrected chi connectivity index (χ2v) is 3.36. The van der Waals surface area contributed by atoms with Crippen molar-refractivity contribution in [1.82, 2.24) is 0 Å². The maximum absolute atomic E-state index is 11.7. The number of rotatable bonds is 6. The summed E-state index contributed by atoms with van der Waals surface area (Å²) in [6.45, 7) is -1.65. The summed E-state index contributed by atoms with van der Waals surface area (Å²) >= 11 is 0. The molecule has 0 unspecified atom stereocenters. The molecule has 1 N–H and O–H groups in total. The van der Waals surface area contributed by atoms with E-state index in [0.29, 0.717) is 5.56 Å². The molecule has 9 heteroatoms. The number of alkyl halides is 3. The van der Waals surface area contributed by atoms with Crippen LogP contribution in [0.25, 0.3) is 0 Å². The van der Waals surface area contributed by atoms with E-state index in [4.69, 9.17) is 9.84 Å². The van der Waals surface area contributed by atoms with Gasteiger partial charge in [0.25, 0.3) is 0 Å². The average molecular weight is 281 g/mol. The Hall–Kier alpha value is -1.87. The van der Waals surface area contributed by atoms with E-state index in [-0.39, 0.29) is 5.75 Å². The second-order valence-electron chi connectivity index (χ2n) is 3.36. The highest BCUT2D eigenvalue weighted by Gasteiger charge is 2.28. The van der Waals surface area contributed by atoms with Crippen LogP contribution in [0.5, 0.6) is 5.75 Å². The molecule has 0 aliphatic rings. The molecule has 19 heavy (non-hydrogen) atoms. The molecular weight excluding hydrogens is 271 g/mol. The van der Waals surface area contributed by atoms with Crippen molar-refractivity contribution in [1.29, 1.82) is 0 Å². The SMILES string of the molecule is O=[N+]([O-])c1cc(CO)ccc1OCCOC(F)(F)F. The van der Waals surface area contributed by atoms with E-state index in [9.17, 15) is 23.3 Å². The molecule has 0 saturated heterocycles. The number of hydrogen-bond acceptors (Lipinski definition) is 5. The van der Waals surface area contributed by atoms with Crippen LogP contribution in [0.1, 0.15) is 5.56 Å². The summed E-state index contributed by atoms with van der Waals surface area (Å²) in [7, 11) is 0. The van der Waals surface area contributed by atoms with Gasteiger partial charge < -0.3 is 9.84 Å². The number of benzene rings is 1. The maximum Gasteiger partial charge on any atom is 0.522 e. The molecule has 0 aromatic heterocycles. The summed E-state index contributed by atoms with van der Waals surface area (Å²) in [6.07, 6.45) is -4.77. The largest absolute Gasteiger partial charge is 0.522 e. The molecule has 1 aromatic carbocycles. The molecule has 0 heterocycles. The fourth-order valence-electron chi connectivity index (χ4n) is 1.24. The molecular formula is C10H10F3NO5. The Morgan fingerprint density at radius 2 is 2.00 bits per heavy atom. The third kappa shape index (κ3) is 5.10. The lowest BCUT2D eigenvalue weighted by molar-refractivity contribution is -0.386. The normalized spacial score (nSPS) is 11.4. The number of halogens is 3. The molecule has 0 amide bonds. The van der Waals surface area contributed by atoms with Crippen molar-refractivity contribution in [3.63, 3.8) is 0 Å². The molecule has 106 valence electrons. The minimum absolute atomic E-state index is 0.187. The van der Waals surface area contributed by atoms with Crippen LogP contribution < -0.4 is 4.74 Å². The minimum Gasteiger partial charge on any atom is -0.484 e. The summed E-state index contributed by atoms with van der Waals surface area (Å²) in [4.78, 5) is 9.96. The van der Waals surface area contributed by atoms with Crippen molar-refractivity contribution in [2.24, 2.45) is 0 Å². The molecule has 0 aliphatic heterocycles. The Balaban J connectivity index is 2.65. The van der Waals surface area contributed by atoms with Gasteiger partial charge in [-0.2, -0.15) is 0 Å². The van der Waals surface area contributed by atoms with Crippen molar-refractivity contribution >= 4 is 5.69 Å². The second kappa shape index (κ2) is 6.34. The van der Waals surface area contributed by atoms with Gasteiger partial charge in [0.15, 0.2) is 5.75 Å². The molecule has 0 aliphatic carbocycles. The van der Waals surface area contributed by atoms with Crippen LogP contribution in [0, 0.1) is 10.1 Å². The van der Waals surface area contributed by atoms with Gasteiger partial charge in [0.05, 0.1) is 18.1 Å². The van der Waals surface area contributed by atoms with Crippen LogP contribution in [0.2, 0.25) is 0 Å². The zero-order chi connectivity index (χ0) is 14.5.